The summed E-state index contributed by atoms with van der Waals surface area (Å²) in [7, 11) is 0.662. The third-order valence-electron chi connectivity index (χ3n) is 7.28. The number of aliphatic imine (C=N–C) groups is 1. The molecule has 12 nitrogen and oxygen atoms in total. The van der Waals surface area contributed by atoms with E-state index < -0.39 is 33.7 Å². The van der Waals surface area contributed by atoms with Crippen LogP contribution in [0.5, 0.6) is 11.5 Å². The first-order chi connectivity index (χ1) is 21.8. The average molecular weight is 642 g/mol. The molecular weight excluding hydrogens is 602 g/mol. The van der Waals surface area contributed by atoms with Gasteiger partial charge in [-0.3, -0.25) is 10.2 Å². The van der Waals surface area contributed by atoms with Gasteiger partial charge in [0.15, 0.2) is 27.8 Å². The number of aliphatic hydroxyl groups excluding tert-OH is 1. The number of nitrogens with one attached hydrogen (secondary N) is 2. The SMILES string of the molecule is COc1cccc([C@@H]2OC(c3ccc(OCCCO)cc3)=N[C@]2(CCS(=O)(=O)c2ccccc2)C(=O)NNCC(OC)OC)c1. The van der Waals surface area contributed by atoms with Crippen molar-refractivity contribution < 1.29 is 42.0 Å². The molecule has 3 N–H and O–H groups in total. The van der Waals surface area contributed by atoms with Gasteiger partial charge in [0.1, 0.15) is 11.5 Å². The molecule has 1 aliphatic rings. The van der Waals surface area contributed by atoms with Gasteiger partial charge in [0.2, 0.25) is 5.90 Å². The van der Waals surface area contributed by atoms with Gasteiger partial charge in [-0.05, 0) is 54.1 Å². The summed E-state index contributed by atoms with van der Waals surface area (Å²) in [6.07, 6.45) is -1.38. The number of nitrogens with zero attached hydrogens (tertiary/aromatic N) is 1. The van der Waals surface area contributed by atoms with E-state index >= 15 is 0 Å². The maximum Gasteiger partial charge on any atom is 0.266 e. The lowest BCUT2D eigenvalue weighted by Gasteiger charge is -2.31. The number of ether oxygens (including phenoxy) is 5. The van der Waals surface area contributed by atoms with Crippen molar-refractivity contribution >= 4 is 21.6 Å². The number of aliphatic hydroxyl groups is 1. The lowest BCUT2D eigenvalue weighted by molar-refractivity contribution is -0.131. The Labute approximate surface area is 263 Å². The maximum atomic E-state index is 14.2. The van der Waals surface area contributed by atoms with Crippen molar-refractivity contribution in [2.45, 2.75) is 35.7 Å². The fourth-order valence-corrected chi connectivity index (χ4v) is 6.18. The van der Waals surface area contributed by atoms with E-state index in [0.717, 1.165) is 0 Å². The second-order valence-electron chi connectivity index (χ2n) is 10.2. The molecule has 3 aromatic carbocycles. The molecule has 0 radical (unpaired) electrons. The smallest absolute Gasteiger partial charge is 0.266 e. The van der Waals surface area contributed by atoms with Crippen LogP contribution in [0.3, 0.4) is 0 Å². The Morgan fingerprint density at radius 3 is 2.40 bits per heavy atom. The van der Waals surface area contributed by atoms with Crippen molar-refractivity contribution in [1.82, 2.24) is 10.9 Å². The number of rotatable bonds is 17. The number of carbonyl (C=O) groups is 1. The molecule has 242 valence electrons. The van der Waals surface area contributed by atoms with E-state index in [4.69, 9.17) is 33.8 Å². The molecule has 0 unspecified atom stereocenters. The zero-order valence-corrected chi connectivity index (χ0v) is 26.3. The molecule has 45 heavy (non-hydrogen) atoms. The number of sulfone groups is 1. The minimum atomic E-state index is -3.80. The summed E-state index contributed by atoms with van der Waals surface area (Å²) in [5, 5.41) is 9.04. The van der Waals surface area contributed by atoms with Crippen LogP contribution in [0.1, 0.15) is 30.1 Å². The van der Waals surface area contributed by atoms with Crippen molar-refractivity contribution in [2.24, 2.45) is 4.99 Å². The Morgan fingerprint density at radius 2 is 1.73 bits per heavy atom. The van der Waals surface area contributed by atoms with Gasteiger partial charge in [-0.25, -0.2) is 18.8 Å². The Kier molecular flexibility index (Phi) is 11.9. The standard InChI is InChI=1S/C32H39N3O9S/c1-40-26-10-7-9-24(21-26)29-32(31(37)35-33-22-28(41-2)42-3,17-20-45(38,39)27-11-5-4-6-12-27)34-30(44-29)23-13-15-25(16-14-23)43-19-8-18-36/h4-7,9-16,21,28-29,33,36H,8,17-20,22H2,1-3H3,(H,35,37)/t29-,32-/m0/s1. The second kappa shape index (κ2) is 15.8. The van der Waals surface area contributed by atoms with Crippen LogP contribution in [0.25, 0.3) is 0 Å². The summed E-state index contributed by atoms with van der Waals surface area (Å²) in [6.45, 7) is 0.478. The van der Waals surface area contributed by atoms with E-state index in [-0.39, 0.29) is 36.1 Å². The van der Waals surface area contributed by atoms with Gasteiger partial charge in [-0.15, -0.1) is 0 Å². The first kappa shape index (κ1) is 33.9. The van der Waals surface area contributed by atoms with E-state index in [1.807, 2.05) is 0 Å². The van der Waals surface area contributed by atoms with Crippen LogP contribution in [0.2, 0.25) is 0 Å². The lowest BCUT2D eigenvalue weighted by atomic mass is 9.85. The van der Waals surface area contributed by atoms with Crippen LogP contribution in [-0.4, -0.2) is 84.0 Å². The van der Waals surface area contributed by atoms with Gasteiger partial charge in [0.05, 0.1) is 30.9 Å². The predicted molar refractivity (Wildman–Crippen MR) is 167 cm³/mol. The molecule has 0 bridgehead atoms. The third-order valence-corrected chi connectivity index (χ3v) is 9.01. The molecule has 0 aromatic heterocycles. The van der Waals surface area contributed by atoms with Crippen molar-refractivity contribution in [3.8, 4) is 11.5 Å². The van der Waals surface area contributed by atoms with E-state index in [2.05, 4.69) is 10.9 Å². The minimum Gasteiger partial charge on any atom is -0.497 e. The number of hydrogen-bond acceptors (Lipinski definition) is 11. The normalized spacial score (nSPS) is 17.9. The van der Waals surface area contributed by atoms with Crippen molar-refractivity contribution in [3.63, 3.8) is 0 Å². The number of methoxy groups -OCH3 is 3. The largest absolute Gasteiger partial charge is 0.497 e. The monoisotopic (exact) mass is 641 g/mol. The van der Waals surface area contributed by atoms with Gasteiger partial charge in [0.25, 0.3) is 5.91 Å². The van der Waals surface area contributed by atoms with Gasteiger partial charge in [-0.2, -0.15) is 0 Å². The number of benzene rings is 3. The van der Waals surface area contributed by atoms with Crippen molar-refractivity contribution in [1.29, 1.82) is 0 Å². The molecule has 0 fully saturated rings. The van der Waals surface area contributed by atoms with E-state index in [0.29, 0.717) is 35.7 Å². The zero-order valence-electron chi connectivity index (χ0n) is 25.5. The van der Waals surface area contributed by atoms with Crippen LogP contribution in [0, 0.1) is 0 Å². The fourth-order valence-electron chi connectivity index (χ4n) is 4.80. The highest BCUT2D eigenvalue weighted by atomic mass is 32.2. The Bertz CT molecular complexity index is 1530. The first-order valence-electron chi connectivity index (χ1n) is 14.4. The van der Waals surface area contributed by atoms with Crippen LogP contribution in [0.15, 0.2) is 88.8 Å². The molecule has 0 spiro atoms. The van der Waals surface area contributed by atoms with Crippen LogP contribution >= 0.6 is 0 Å². The predicted octanol–water partition coefficient (Wildman–Crippen LogP) is 2.82. The summed E-state index contributed by atoms with van der Waals surface area (Å²) < 4.78 is 54.8. The van der Waals surface area contributed by atoms with Crippen LogP contribution in [0.4, 0.5) is 0 Å². The summed E-state index contributed by atoms with van der Waals surface area (Å²) >= 11 is 0. The maximum absolute atomic E-state index is 14.2. The molecular formula is C32H39N3O9S. The van der Waals surface area contributed by atoms with Gasteiger partial charge in [0, 0.05) is 39.2 Å². The molecule has 1 aliphatic heterocycles. The summed E-state index contributed by atoms with van der Waals surface area (Å²) in [6, 6.07) is 22.0. The van der Waals surface area contributed by atoms with Crippen LogP contribution in [-0.2, 0) is 28.8 Å². The van der Waals surface area contributed by atoms with E-state index in [1.54, 1.807) is 66.7 Å². The van der Waals surface area contributed by atoms with Gasteiger partial charge < -0.3 is 28.8 Å². The average Bonchev–Trinajstić information content (AvgIpc) is 3.48. The summed E-state index contributed by atoms with van der Waals surface area (Å²) in [5.41, 5.74) is 4.90. The minimum absolute atomic E-state index is 0.0188. The number of hydrazine groups is 1. The first-order valence-corrected chi connectivity index (χ1v) is 16.0. The molecule has 1 amide bonds. The number of hydrogen-bond donors (Lipinski definition) is 3. The quantitative estimate of drug-likeness (QED) is 0.114. The molecule has 13 heteroatoms. The highest BCUT2D eigenvalue weighted by molar-refractivity contribution is 7.91. The number of carbonyl (C=O) groups excluding carboxylic acids is 1. The zero-order chi connectivity index (χ0) is 32.3. The fraction of sp³-hybridized carbons (Fsp3) is 0.375. The summed E-state index contributed by atoms with van der Waals surface area (Å²) in [4.78, 5) is 19.2. The van der Waals surface area contributed by atoms with Gasteiger partial charge >= 0.3 is 0 Å². The lowest BCUT2D eigenvalue weighted by Crippen LogP contribution is -2.54. The molecule has 3 aromatic rings. The third kappa shape index (κ3) is 8.38. The van der Waals surface area contributed by atoms with E-state index in [1.165, 1.54) is 33.5 Å². The van der Waals surface area contributed by atoms with Crippen LogP contribution < -0.4 is 20.3 Å². The highest BCUT2D eigenvalue weighted by Gasteiger charge is 2.54. The molecule has 2 atom stereocenters. The highest BCUT2D eigenvalue weighted by Crippen LogP contribution is 2.43. The van der Waals surface area contributed by atoms with Crippen molar-refractivity contribution in [2.75, 3.05) is 46.8 Å². The molecule has 0 aliphatic carbocycles. The molecule has 0 saturated carbocycles. The Balaban J connectivity index is 1.75. The van der Waals surface area contributed by atoms with E-state index in [9.17, 15) is 13.2 Å². The van der Waals surface area contributed by atoms with Crippen molar-refractivity contribution in [3.05, 3.63) is 90.0 Å². The summed E-state index contributed by atoms with van der Waals surface area (Å²) in [5.74, 6) is 0.276. The number of amides is 1. The Morgan fingerprint density at radius 1 is 1.00 bits per heavy atom. The second-order valence-corrected chi connectivity index (χ2v) is 12.3. The molecule has 0 saturated heterocycles. The molecule has 4 rings (SSSR count). The Hall–Kier alpha value is -4.01. The topological polar surface area (TPSA) is 154 Å². The van der Waals surface area contributed by atoms with Gasteiger partial charge in [-0.1, -0.05) is 30.3 Å². The molecule has 1 heterocycles.